The van der Waals surface area contributed by atoms with Crippen molar-refractivity contribution in [1.29, 1.82) is 0 Å². The van der Waals surface area contributed by atoms with Gasteiger partial charge in [-0.05, 0) is 56.0 Å². The molecule has 1 fully saturated rings. The fraction of sp³-hybridized carbons (Fsp3) is 0.364. The fourth-order valence-electron chi connectivity index (χ4n) is 3.72. The highest BCUT2D eigenvalue weighted by molar-refractivity contribution is 7.16. The van der Waals surface area contributed by atoms with Crippen LogP contribution >= 0.6 is 11.3 Å². The molecule has 0 radical (unpaired) electrons. The van der Waals surface area contributed by atoms with Crippen molar-refractivity contribution < 1.29 is 19.0 Å². The van der Waals surface area contributed by atoms with E-state index in [2.05, 4.69) is 10.3 Å². The number of nitrogens with one attached hydrogen (secondary N) is 1. The van der Waals surface area contributed by atoms with E-state index in [-0.39, 0.29) is 18.1 Å². The van der Waals surface area contributed by atoms with Gasteiger partial charge >= 0.3 is 0 Å². The molecule has 1 aliphatic carbocycles. The molecule has 0 unspecified atom stereocenters. The van der Waals surface area contributed by atoms with Crippen molar-refractivity contribution in [2.45, 2.75) is 37.8 Å². The highest BCUT2D eigenvalue weighted by Gasteiger charge is 2.25. The van der Waals surface area contributed by atoms with Crippen LogP contribution < -0.4 is 19.5 Å². The van der Waals surface area contributed by atoms with Crippen LogP contribution in [0.5, 0.6) is 17.2 Å². The van der Waals surface area contributed by atoms with Crippen LogP contribution in [0.3, 0.4) is 0 Å². The van der Waals surface area contributed by atoms with Gasteiger partial charge in [0.15, 0.2) is 11.5 Å². The van der Waals surface area contributed by atoms with E-state index in [1.54, 1.807) is 31.1 Å². The number of benzene rings is 2. The number of aromatic nitrogens is 1. The number of ether oxygens (including phenoxy) is 3. The topological polar surface area (TPSA) is 69.7 Å². The zero-order chi connectivity index (χ0) is 20.2. The van der Waals surface area contributed by atoms with Crippen molar-refractivity contribution >= 4 is 27.5 Å². The minimum absolute atomic E-state index is 0.0428. The molecule has 0 bridgehead atoms. The van der Waals surface area contributed by atoms with Crippen molar-refractivity contribution in [2.24, 2.45) is 0 Å². The predicted octanol–water partition coefficient (Wildman–Crippen LogP) is 4.43. The van der Waals surface area contributed by atoms with Gasteiger partial charge in [0.2, 0.25) is 5.75 Å². The standard InChI is InChI=1S/C22H24N2O4S/c1-26-18-4-3-5-19(21(18)27-2)28-16-9-7-15(8-10-16)24-22(25)14-6-11-20-17(12-14)23-13-29-20/h3-6,11-13,15-16H,7-10H2,1-2H3,(H,24,25). The SMILES string of the molecule is COc1cccc(OC2CCC(NC(=O)c3ccc4scnc4c3)CC2)c1OC. The van der Waals surface area contributed by atoms with E-state index in [9.17, 15) is 4.79 Å². The van der Waals surface area contributed by atoms with E-state index >= 15 is 0 Å². The van der Waals surface area contributed by atoms with E-state index in [1.165, 1.54) is 0 Å². The molecule has 1 aliphatic rings. The number of hydrogen-bond donors (Lipinski definition) is 1. The van der Waals surface area contributed by atoms with Crippen molar-refractivity contribution in [2.75, 3.05) is 14.2 Å². The monoisotopic (exact) mass is 412 g/mol. The van der Waals surface area contributed by atoms with Crippen LogP contribution in [-0.4, -0.2) is 37.3 Å². The maximum Gasteiger partial charge on any atom is 0.251 e. The lowest BCUT2D eigenvalue weighted by atomic mass is 9.92. The van der Waals surface area contributed by atoms with Gasteiger partial charge in [-0.3, -0.25) is 4.79 Å². The van der Waals surface area contributed by atoms with Crippen LogP contribution in [0.4, 0.5) is 0 Å². The molecule has 0 atom stereocenters. The van der Waals surface area contributed by atoms with Gasteiger partial charge < -0.3 is 19.5 Å². The molecule has 152 valence electrons. The second kappa shape index (κ2) is 8.69. The fourth-order valence-corrected chi connectivity index (χ4v) is 4.38. The Balaban J connectivity index is 1.33. The third-order valence-corrected chi connectivity index (χ3v) is 6.07. The Bertz CT molecular complexity index is 995. The minimum Gasteiger partial charge on any atom is -0.493 e. The number of thiazole rings is 1. The lowest BCUT2D eigenvalue weighted by Crippen LogP contribution is -2.39. The number of nitrogens with zero attached hydrogens (tertiary/aromatic N) is 1. The Kier molecular flexibility index (Phi) is 5.85. The van der Waals surface area contributed by atoms with Crippen molar-refractivity contribution in [3.63, 3.8) is 0 Å². The van der Waals surface area contributed by atoms with Crippen LogP contribution in [0.25, 0.3) is 10.2 Å². The van der Waals surface area contributed by atoms with Gasteiger partial charge in [-0.2, -0.15) is 0 Å². The normalized spacial score (nSPS) is 19.0. The number of hydrogen-bond acceptors (Lipinski definition) is 6. The second-order valence-electron chi connectivity index (χ2n) is 7.09. The molecule has 0 aliphatic heterocycles. The predicted molar refractivity (Wildman–Crippen MR) is 113 cm³/mol. The van der Waals surface area contributed by atoms with Gasteiger partial charge in [0.05, 0.1) is 36.1 Å². The van der Waals surface area contributed by atoms with Gasteiger partial charge in [0.1, 0.15) is 0 Å². The molecule has 3 aromatic rings. The summed E-state index contributed by atoms with van der Waals surface area (Å²) in [5.41, 5.74) is 3.32. The summed E-state index contributed by atoms with van der Waals surface area (Å²) in [7, 11) is 3.22. The smallest absolute Gasteiger partial charge is 0.251 e. The number of amides is 1. The number of carbonyl (C=O) groups excluding carboxylic acids is 1. The Morgan fingerprint density at radius 2 is 1.86 bits per heavy atom. The molecular weight excluding hydrogens is 388 g/mol. The first kappa shape index (κ1) is 19.5. The number of rotatable bonds is 6. The summed E-state index contributed by atoms with van der Waals surface area (Å²) < 4.78 is 18.0. The van der Waals surface area contributed by atoms with Crippen molar-refractivity contribution in [1.82, 2.24) is 10.3 Å². The summed E-state index contributed by atoms with van der Waals surface area (Å²) >= 11 is 1.58. The molecule has 4 rings (SSSR count). The number of carbonyl (C=O) groups is 1. The molecule has 7 heteroatoms. The molecule has 1 aromatic heterocycles. The zero-order valence-electron chi connectivity index (χ0n) is 16.5. The summed E-state index contributed by atoms with van der Waals surface area (Å²) in [5.74, 6) is 1.92. The van der Waals surface area contributed by atoms with Gasteiger partial charge in [0, 0.05) is 11.6 Å². The van der Waals surface area contributed by atoms with Crippen LogP contribution in [0, 0.1) is 0 Å². The van der Waals surface area contributed by atoms with Crippen LogP contribution in [0.1, 0.15) is 36.0 Å². The first-order valence-electron chi connectivity index (χ1n) is 9.69. The molecule has 1 amide bonds. The molecule has 1 N–H and O–H groups in total. The van der Waals surface area contributed by atoms with Crippen molar-refractivity contribution in [3.8, 4) is 17.2 Å². The Labute approximate surface area is 173 Å². The summed E-state index contributed by atoms with van der Waals surface area (Å²) in [5, 5.41) is 3.15. The molecule has 0 spiro atoms. The molecular formula is C22H24N2O4S. The number of para-hydroxylation sites is 1. The summed E-state index contributed by atoms with van der Waals surface area (Å²) in [6.45, 7) is 0. The Morgan fingerprint density at radius 1 is 1.07 bits per heavy atom. The molecule has 1 heterocycles. The highest BCUT2D eigenvalue weighted by atomic mass is 32.1. The first-order valence-corrected chi connectivity index (χ1v) is 10.6. The van der Waals surface area contributed by atoms with Crippen LogP contribution in [-0.2, 0) is 0 Å². The van der Waals surface area contributed by atoms with E-state index < -0.39 is 0 Å². The third kappa shape index (κ3) is 4.29. The van der Waals surface area contributed by atoms with Gasteiger partial charge in [-0.1, -0.05) is 6.07 Å². The summed E-state index contributed by atoms with van der Waals surface area (Å²) in [6, 6.07) is 11.5. The van der Waals surface area contributed by atoms with Gasteiger partial charge in [-0.25, -0.2) is 4.98 Å². The Morgan fingerprint density at radius 3 is 2.62 bits per heavy atom. The van der Waals surface area contributed by atoms with E-state index in [1.807, 2.05) is 36.4 Å². The molecule has 2 aromatic carbocycles. The molecule has 0 saturated heterocycles. The van der Waals surface area contributed by atoms with Crippen LogP contribution in [0.2, 0.25) is 0 Å². The second-order valence-corrected chi connectivity index (χ2v) is 7.98. The van der Waals surface area contributed by atoms with E-state index in [0.717, 1.165) is 35.9 Å². The molecule has 1 saturated carbocycles. The van der Waals surface area contributed by atoms with Crippen molar-refractivity contribution in [3.05, 3.63) is 47.5 Å². The maximum atomic E-state index is 12.6. The van der Waals surface area contributed by atoms with E-state index in [4.69, 9.17) is 14.2 Å². The number of fused-ring (bicyclic) bond motifs is 1. The maximum absolute atomic E-state index is 12.6. The largest absolute Gasteiger partial charge is 0.493 e. The summed E-state index contributed by atoms with van der Waals surface area (Å²) in [4.78, 5) is 16.9. The first-order chi connectivity index (χ1) is 14.2. The lowest BCUT2D eigenvalue weighted by molar-refractivity contribution is 0.0891. The lowest BCUT2D eigenvalue weighted by Gasteiger charge is -2.30. The zero-order valence-corrected chi connectivity index (χ0v) is 17.3. The highest BCUT2D eigenvalue weighted by Crippen LogP contribution is 2.38. The average Bonchev–Trinajstić information content (AvgIpc) is 3.22. The van der Waals surface area contributed by atoms with E-state index in [0.29, 0.717) is 22.8 Å². The number of methoxy groups -OCH3 is 2. The van der Waals surface area contributed by atoms with Gasteiger partial charge in [-0.15, -0.1) is 11.3 Å². The quantitative estimate of drug-likeness (QED) is 0.648. The summed E-state index contributed by atoms with van der Waals surface area (Å²) in [6.07, 6.45) is 3.59. The minimum atomic E-state index is -0.0428. The van der Waals surface area contributed by atoms with Gasteiger partial charge in [0.25, 0.3) is 5.91 Å². The molecule has 29 heavy (non-hydrogen) atoms. The average molecular weight is 413 g/mol. The Hall–Kier alpha value is -2.80. The molecule has 6 nitrogen and oxygen atoms in total. The third-order valence-electron chi connectivity index (χ3n) is 5.26. The van der Waals surface area contributed by atoms with Crippen LogP contribution in [0.15, 0.2) is 41.9 Å².